The van der Waals surface area contributed by atoms with Crippen LogP contribution in [-0.2, 0) is 19.1 Å². The number of ether oxygens (including phenoxy) is 1. The summed E-state index contributed by atoms with van der Waals surface area (Å²) < 4.78 is 33.5. The molecule has 0 aromatic heterocycles. The van der Waals surface area contributed by atoms with Crippen LogP contribution < -0.4 is 10.2 Å². The van der Waals surface area contributed by atoms with Crippen molar-refractivity contribution in [3.8, 4) is 0 Å². The van der Waals surface area contributed by atoms with Crippen molar-refractivity contribution in [2.24, 2.45) is 11.8 Å². The predicted octanol–water partition coefficient (Wildman–Crippen LogP) is 3.52. The monoisotopic (exact) mass is 442 g/mol. The lowest BCUT2D eigenvalue weighted by Crippen LogP contribution is -2.56. The van der Waals surface area contributed by atoms with E-state index in [1.807, 2.05) is 6.92 Å². The van der Waals surface area contributed by atoms with E-state index < -0.39 is 52.8 Å². The number of halogens is 2. The Hall–Kier alpha value is -3.13. The number of carbonyl (C=O) groups excluding carboxylic acids is 3. The second kappa shape index (κ2) is 8.43. The van der Waals surface area contributed by atoms with Crippen LogP contribution >= 0.6 is 0 Å². The average molecular weight is 442 g/mol. The molecule has 4 rings (SSSR count). The summed E-state index contributed by atoms with van der Waals surface area (Å²) in [5, 5.41) is 3.15. The number of benzene rings is 2. The van der Waals surface area contributed by atoms with Crippen LogP contribution in [0.25, 0.3) is 0 Å². The minimum Gasteiger partial charge on any atom is -0.465 e. The van der Waals surface area contributed by atoms with Gasteiger partial charge in [-0.2, -0.15) is 0 Å². The highest BCUT2D eigenvalue weighted by Crippen LogP contribution is 2.52. The molecule has 4 atom stereocenters. The van der Waals surface area contributed by atoms with E-state index in [1.54, 1.807) is 13.0 Å². The minimum atomic E-state index is -1.48. The maximum atomic E-state index is 14.8. The highest BCUT2D eigenvalue weighted by molar-refractivity contribution is 6.24. The number of anilines is 1. The summed E-state index contributed by atoms with van der Waals surface area (Å²) in [6.07, 6.45) is 0.755. The molecule has 0 unspecified atom stereocenters. The molecule has 0 saturated carbocycles. The van der Waals surface area contributed by atoms with Gasteiger partial charge in [-0.15, -0.1) is 0 Å². The first kappa shape index (κ1) is 22.1. The third-order valence-corrected chi connectivity index (χ3v) is 6.26. The predicted molar refractivity (Wildman–Crippen MR) is 112 cm³/mol. The first-order valence-electron chi connectivity index (χ1n) is 10.7. The normalized spacial score (nSPS) is 27.0. The lowest BCUT2D eigenvalue weighted by Gasteiger charge is -2.32. The van der Waals surface area contributed by atoms with Gasteiger partial charge in [0.15, 0.2) is 0 Å². The van der Waals surface area contributed by atoms with Crippen LogP contribution in [0.3, 0.4) is 0 Å². The number of hydrogen-bond acceptors (Lipinski definition) is 5. The van der Waals surface area contributed by atoms with Crippen LogP contribution in [0.15, 0.2) is 48.5 Å². The van der Waals surface area contributed by atoms with Crippen LogP contribution in [0.1, 0.15) is 38.3 Å². The molecule has 8 heteroatoms. The van der Waals surface area contributed by atoms with Gasteiger partial charge in [-0.3, -0.25) is 19.7 Å². The standard InChI is InChI=1S/C24H24F2N2O4/c1-3-13-24(23(31)32-4-2)19-18(20(27-24)16-7-5-6-8-17(16)26)21(29)28(22(19)30)15-11-9-14(25)10-12-15/h5-12,18-20,27H,3-4,13H2,1-2H3/t18-,19-,20-,24+/m1/s1. The molecule has 0 bridgehead atoms. The number of amides is 2. The second-order valence-electron chi connectivity index (χ2n) is 8.08. The number of carbonyl (C=O) groups is 3. The van der Waals surface area contributed by atoms with E-state index in [-0.39, 0.29) is 24.3 Å². The van der Waals surface area contributed by atoms with Gasteiger partial charge < -0.3 is 4.74 Å². The van der Waals surface area contributed by atoms with Crippen LogP contribution in [0.4, 0.5) is 14.5 Å². The number of nitrogens with one attached hydrogen (secondary N) is 1. The van der Waals surface area contributed by atoms with Crippen molar-refractivity contribution >= 4 is 23.5 Å². The number of rotatable bonds is 6. The van der Waals surface area contributed by atoms with Crippen LogP contribution in [-0.4, -0.2) is 29.9 Å². The van der Waals surface area contributed by atoms with Crippen molar-refractivity contribution in [2.45, 2.75) is 38.3 Å². The van der Waals surface area contributed by atoms with Gasteiger partial charge in [0.25, 0.3) is 0 Å². The molecule has 168 valence electrons. The summed E-state index contributed by atoms with van der Waals surface area (Å²) in [7, 11) is 0. The minimum absolute atomic E-state index is 0.0948. The topological polar surface area (TPSA) is 75.7 Å². The van der Waals surface area contributed by atoms with Gasteiger partial charge in [0.2, 0.25) is 11.8 Å². The fourth-order valence-corrected chi connectivity index (χ4v) is 5.02. The second-order valence-corrected chi connectivity index (χ2v) is 8.08. The van der Waals surface area contributed by atoms with Gasteiger partial charge in [-0.25, -0.2) is 13.7 Å². The zero-order chi connectivity index (χ0) is 23.0. The quantitative estimate of drug-likeness (QED) is 0.547. The largest absolute Gasteiger partial charge is 0.465 e. The Morgan fingerprint density at radius 3 is 2.38 bits per heavy atom. The Morgan fingerprint density at radius 1 is 1.06 bits per heavy atom. The summed E-state index contributed by atoms with van der Waals surface area (Å²) in [5.74, 6) is -4.93. The zero-order valence-corrected chi connectivity index (χ0v) is 17.8. The Balaban J connectivity index is 1.87. The lowest BCUT2D eigenvalue weighted by molar-refractivity contribution is -0.155. The molecule has 0 aliphatic carbocycles. The molecule has 2 aliphatic heterocycles. The first-order valence-corrected chi connectivity index (χ1v) is 10.7. The van der Waals surface area contributed by atoms with Crippen LogP contribution in [0.5, 0.6) is 0 Å². The van der Waals surface area contributed by atoms with Gasteiger partial charge in [0, 0.05) is 11.6 Å². The molecule has 0 radical (unpaired) electrons. The maximum absolute atomic E-state index is 14.8. The Kier molecular flexibility index (Phi) is 5.81. The van der Waals surface area contributed by atoms with Gasteiger partial charge in [-0.05, 0) is 43.7 Å². The number of nitrogens with zero attached hydrogens (tertiary/aromatic N) is 1. The van der Waals surface area contributed by atoms with Crippen molar-refractivity contribution in [3.63, 3.8) is 0 Å². The molecule has 2 aromatic rings. The molecule has 2 saturated heterocycles. The number of hydrogen-bond donors (Lipinski definition) is 1. The molecule has 6 nitrogen and oxygen atoms in total. The highest BCUT2D eigenvalue weighted by atomic mass is 19.1. The van der Waals surface area contributed by atoms with E-state index in [9.17, 15) is 23.2 Å². The van der Waals surface area contributed by atoms with Crippen molar-refractivity contribution in [1.82, 2.24) is 5.32 Å². The molecular weight excluding hydrogens is 418 g/mol. The number of esters is 1. The molecule has 0 spiro atoms. The Bertz CT molecular complexity index is 1060. The number of imide groups is 1. The molecule has 2 aliphatic rings. The molecule has 2 heterocycles. The lowest BCUT2D eigenvalue weighted by atomic mass is 9.77. The molecule has 1 N–H and O–H groups in total. The SMILES string of the molecule is CCC[C@]1(C(=O)OCC)N[C@H](c2ccccc2F)[C@@H]2C(=O)N(c3ccc(F)cc3)C(=O)[C@@H]21. The third kappa shape index (κ3) is 3.30. The van der Waals surface area contributed by atoms with Gasteiger partial charge in [0.1, 0.15) is 17.2 Å². The summed E-state index contributed by atoms with van der Waals surface area (Å²) >= 11 is 0. The van der Waals surface area contributed by atoms with Crippen LogP contribution in [0, 0.1) is 23.5 Å². The maximum Gasteiger partial charge on any atom is 0.327 e. The van der Waals surface area contributed by atoms with E-state index in [0.717, 1.165) is 17.0 Å². The molecule has 2 amide bonds. The molecule has 2 aromatic carbocycles. The summed E-state index contributed by atoms with van der Waals surface area (Å²) in [6.45, 7) is 3.61. The number of fused-ring (bicyclic) bond motifs is 1. The molecule has 32 heavy (non-hydrogen) atoms. The fourth-order valence-electron chi connectivity index (χ4n) is 5.02. The van der Waals surface area contributed by atoms with E-state index in [4.69, 9.17) is 4.74 Å². The van der Waals surface area contributed by atoms with Crippen molar-refractivity contribution in [2.75, 3.05) is 11.5 Å². The van der Waals surface area contributed by atoms with E-state index >= 15 is 0 Å². The highest BCUT2D eigenvalue weighted by Gasteiger charge is 2.68. The van der Waals surface area contributed by atoms with Crippen molar-refractivity contribution in [1.29, 1.82) is 0 Å². The summed E-state index contributed by atoms with van der Waals surface area (Å²) in [4.78, 5) is 41.3. The summed E-state index contributed by atoms with van der Waals surface area (Å²) in [6, 6.07) is 10.1. The third-order valence-electron chi connectivity index (χ3n) is 6.26. The van der Waals surface area contributed by atoms with Crippen LogP contribution in [0.2, 0.25) is 0 Å². The van der Waals surface area contributed by atoms with Crippen molar-refractivity contribution < 1.29 is 27.9 Å². The first-order chi connectivity index (χ1) is 15.4. The van der Waals surface area contributed by atoms with Gasteiger partial charge in [-0.1, -0.05) is 31.5 Å². The van der Waals surface area contributed by atoms with Gasteiger partial charge in [0.05, 0.1) is 24.1 Å². The van der Waals surface area contributed by atoms with E-state index in [2.05, 4.69) is 5.32 Å². The molecular formula is C24H24F2N2O4. The zero-order valence-electron chi connectivity index (χ0n) is 17.8. The molecule has 2 fully saturated rings. The van der Waals surface area contributed by atoms with E-state index in [0.29, 0.717) is 6.42 Å². The van der Waals surface area contributed by atoms with Gasteiger partial charge >= 0.3 is 5.97 Å². The Morgan fingerprint density at radius 2 is 1.75 bits per heavy atom. The average Bonchev–Trinajstić information content (AvgIpc) is 3.24. The fraction of sp³-hybridized carbons (Fsp3) is 0.375. The smallest absolute Gasteiger partial charge is 0.327 e. The van der Waals surface area contributed by atoms with E-state index in [1.165, 1.54) is 30.3 Å². The van der Waals surface area contributed by atoms with Crippen molar-refractivity contribution in [3.05, 3.63) is 65.7 Å². The Labute approximate surface area is 184 Å². The summed E-state index contributed by atoms with van der Waals surface area (Å²) in [5.41, 5.74) is -1.08.